The average Bonchev–Trinajstić information content (AvgIpc) is 2.47. The van der Waals surface area contributed by atoms with Crippen LogP contribution in [0.1, 0.15) is 30.9 Å². The molecule has 0 spiro atoms. The minimum Gasteiger partial charge on any atom is -0.409 e. The fraction of sp³-hybridized carbons (Fsp3) is 0.467. The molecule has 5 heteroatoms. The fourth-order valence-electron chi connectivity index (χ4n) is 2.55. The first-order chi connectivity index (χ1) is 9.60. The normalized spacial score (nSPS) is 19.9. The van der Waals surface area contributed by atoms with Gasteiger partial charge in [0.25, 0.3) is 0 Å². The summed E-state index contributed by atoms with van der Waals surface area (Å²) in [6, 6.07) is 7.21. The van der Waals surface area contributed by atoms with Crippen molar-refractivity contribution >= 4 is 11.7 Å². The van der Waals surface area contributed by atoms with Gasteiger partial charge in [-0.15, -0.1) is 0 Å². The van der Waals surface area contributed by atoms with Gasteiger partial charge >= 0.3 is 0 Å². The Morgan fingerprint density at radius 3 is 2.75 bits per heavy atom. The summed E-state index contributed by atoms with van der Waals surface area (Å²) in [6.45, 7) is 3.91. The lowest BCUT2D eigenvalue weighted by molar-refractivity contribution is -0.132. The van der Waals surface area contributed by atoms with Crippen molar-refractivity contribution in [3.05, 3.63) is 35.4 Å². The van der Waals surface area contributed by atoms with E-state index in [4.69, 9.17) is 10.9 Å². The van der Waals surface area contributed by atoms with Crippen molar-refractivity contribution in [3.63, 3.8) is 0 Å². The van der Waals surface area contributed by atoms with E-state index in [1.165, 1.54) is 6.42 Å². The van der Waals surface area contributed by atoms with Crippen molar-refractivity contribution in [3.8, 4) is 0 Å². The summed E-state index contributed by atoms with van der Waals surface area (Å²) in [5.74, 6) is 0.844. The minimum atomic E-state index is 0.0766. The van der Waals surface area contributed by atoms with Gasteiger partial charge in [-0.25, -0.2) is 0 Å². The number of rotatable bonds is 3. The first-order valence-electron chi connectivity index (χ1n) is 6.94. The topological polar surface area (TPSA) is 78.9 Å². The smallest absolute Gasteiger partial charge is 0.226 e. The van der Waals surface area contributed by atoms with E-state index in [1.807, 2.05) is 17.0 Å². The predicted molar refractivity (Wildman–Crippen MR) is 77.6 cm³/mol. The second-order valence-corrected chi connectivity index (χ2v) is 5.45. The predicted octanol–water partition coefficient (Wildman–Crippen LogP) is 1.58. The Morgan fingerprint density at radius 1 is 1.45 bits per heavy atom. The van der Waals surface area contributed by atoms with Crippen LogP contribution in [-0.2, 0) is 11.2 Å². The van der Waals surface area contributed by atoms with Crippen LogP contribution in [0.15, 0.2) is 29.4 Å². The van der Waals surface area contributed by atoms with Crippen LogP contribution in [0.4, 0.5) is 0 Å². The number of likely N-dealkylation sites (tertiary alicyclic amines) is 1. The third kappa shape index (κ3) is 3.50. The molecule has 5 nitrogen and oxygen atoms in total. The lowest BCUT2D eigenvalue weighted by Gasteiger charge is -2.31. The molecule has 1 saturated heterocycles. The third-order valence-electron chi connectivity index (χ3n) is 3.72. The quantitative estimate of drug-likeness (QED) is 0.380. The van der Waals surface area contributed by atoms with Gasteiger partial charge in [0.1, 0.15) is 0 Å². The molecule has 1 amide bonds. The van der Waals surface area contributed by atoms with Crippen molar-refractivity contribution < 1.29 is 10.0 Å². The van der Waals surface area contributed by atoms with Gasteiger partial charge < -0.3 is 15.8 Å². The van der Waals surface area contributed by atoms with E-state index in [9.17, 15) is 4.79 Å². The number of amidine groups is 1. The van der Waals surface area contributed by atoms with Crippen LogP contribution < -0.4 is 5.73 Å². The highest BCUT2D eigenvalue weighted by atomic mass is 16.4. The maximum atomic E-state index is 12.2. The summed E-state index contributed by atoms with van der Waals surface area (Å²) in [6.07, 6.45) is 2.71. The summed E-state index contributed by atoms with van der Waals surface area (Å²) >= 11 is 0. The van der Waals surface area contributed by atoms with E-state index in [0.29, 0.717) is 17.9 Å². The van der Waals surface area contributed by atoms with Crippen LogP contribution >= 0.6 is 0 Å². The zero-order valence-corrected chi connectivity index (χ0v) is 11.7. The Kier molecular flexibility index (Phi) is 4.61. The molecule has 1 aromatic carbocycles. The number of hydrogen-bond acceptors (Lipinski definition) is 3. The van der Waals surface area contributed by atoms with Gasteiger partial charge in [0.2, 0.25) is 5.91 Å². The standard InChI is InChI=1S/C15H21N3O2/c1-11-3-2-8-18(10-11)14(19)9-12-4-6-13(7-5-12)15(16)17-20/h4-7,11,20H,2-3,8-10H2,1H3,(H2,16,17). The van der Waals surface area contributed by atoms with Crippen LogP contribution in [0, 0.1) is 5.92 Å². The second kappa shape index (κ2) is 6.41. The Bertz CT molecular complexity index is 496. The molecule has 1 aromatic rings. The first-order valence-corrected chi connectivity index (χ1v) is 6.94. The number of benzene rings is 1. The lowest BCUT2D eigenvalue weighted by atomic mass is 9.99. The van der Waals surface area contributed by atoms with Gasteiger partial charge in [0, 0.05) is 18.7 Å². The van der Waals surface area contributed by atoms with Crippen LogP contribution in [0.2, 0.25) is 0 Å². The molecule has 1 heterocycles. The van der Waals surface area contributed by atoms with Crippen LogP contribution in [0.25, 0.3) is 0 Å². The van der Waals surface area contributed by atoms with Crippen molar-refractivity contribution in [2.45, 2.75) is 26.2 Å². The molecule has 2 rings (SSSR count). The zero-order valence-electron chi connectivity index (χ0n) is 11.7. The average molecular weight is 275 g/mol. The van der Waals surface area contributed by atoms with Crippen molar-refractivity contribution in [2.24, 2.45) is 16.8 Å². The first kappa shape index (κ1) is 14.4. The van der Waals surface area contributed by atoms with E-state index in [2.05, 4.69) is 12.1 Å². The Labute approximate surface area is 119 Å². The minimum absolute atomic E-state index is 0.0766. The molecule has 1 aliphatic heterocycles. The number of carbonyl (C=O) groups is 1. The Morgan fingerprint density at radius 2 is 2.15 bits per heavy atom. The van der Waals surface area contributed by atoms with E-state index in [-0.39, 0.29) is 11.7 Å². The van der Waals surface area contributed by atoms with Crippen LogP contribution in [-0.4, -0.2) is 34.9 Å². The van der Waals surface area contributed by atoms with E-state index >= 15 is 0 Å². The van der Waals surface area contributed by atoms with Gasteiger partial charge in [0.05, 0.1) is 6.42 Å². The molecule has 0 bridgehead atoms. The van der Waals surface area contributed by atoms with Crippen LogP contribution in [0.5, 0.6) is 0 Å². The third-order valence-corrected chi connectivity index (χ3v) is 3.72. The molecule has 108 valence electrons. The van der Waals surface area contributed by atoms with Gasteiger partial charge in [-0.3, -0.25) is 4.79 Å². The molecule has 1 fully saturated rings. The van der Waals surface area contributed by atoms with Crippen molar-refractivity contribution in [2.75, 3.05) is 13.1 Å². The Balaban J connectivity index is 1.97. The molecule has 0 radical (unpaired) electrons. The number of piperidine rings is 1. The van der Waals surface area contributed by atoms with Crippen molar-refractivity contribution in [1.82, 2.24) is 4.90 Å². The molecule has 1 atom stereocenters. The Hall–Kier alpha value is -2.04. The van der Waals surface area contributed by atoms with Gasteiger partial charge in [-0.1, -0.05) is 36.3 Å². The largest absolute Gasteiger partial charge is 0.409 e. The summed E-state index contributed by atoms with van der Waals surface area (Å²) in [7, 11) is 0. The number of hydrogen-bond donors (Lipinski definition) is 2. The van der Waals surface area contributed by atoms with E-state index in [0.717, 1.165) is 25.1 Å². The molecule has 0 aliphatic carbocycles. The summed E-state index contributed by atoms with van der Waals surface area (Å²) < 4.78 is 0. The summed E-state index contributed by atoms with van der Waals surface area (Å²) in [5, 5.41) is 11.6. The lowest BCUT2D eigenvalue weighted by Crippen LogP contribution is -2.39. The second-order valence-electron chi connectivity index (χ2n) is 5.45. The van der Waals surface area contributed by atoms with Crippen LogP contribution in [0.3, 0.4) is 0 Å². The molecular formula is C15H21N3O2. The van der Waals surface area contributed by atoms with E-state index < -0.39 is 0 Å². The highest BCUT2D eigenvalue weighted by molar-refractivity contribution is 5.97. The molecule has 0 saturated carbocycles. The molecule has 20 heavy (non-hydrogen) atoms. The SMILES string of the molecule is CC1CCCN(C(=O)Cc2ccc(C(N)=NO)cc2)C1. The zero-order chi connectivity index (χ0) is 14.5. The van der Waals surface area contributed by atoms with E-state index in [1.54, 1.807) is 12.1 Å². The van der Waals surface area contributed by atoms with Gasteiger partial charge in [-0.2, -0.15) is 0 Å². The number of oxime groups is 1. The monoisotopic (exact) mass is 275 g/mol. The number of carbonyl (C=O) groups excluding carboxylic acids is 1. The maximum absolute atomic E-state index is 12.2. The fourth-order valence-corrected chi connectivity index (χ4v) is 2.55. The van der Waals surface area contributed by atoms with Gasteiger partial charge in [-0.05, 0) is 24.3 Å². The highest BCUT2D eigenvalue weighted by Gasteiger charge is 2.20. The molecule has 0 aromatic heterocycles. The summed E-state index contributed by atoms with van der Waals surface area (Å²) in [5.41, 5.74) is 7.10. The molecular weight excluding hydrogens is 254 g/mol. The van der Waals surface area contributed by atoms with Crippen molar-refractivity contribution in [1.29, 1.82) is 0 Å². The highest BCUT2D eigenvalue weighted by Crippen LogP contribution is 2.16. The molecule has 1 unspecified atom stereocenters. The van der Waals surface area contributed by atoms with Gasteiger partial charge in [0.15, 0.2) is 5.84 Å². The number of nitrogens with zero attached hydrogens (tertiary/aromatic N) is 2. The molecule has 1 aliphatic rings. The maximum Gasteiger partial charge on any atom is 0.226 e. The number of amides is 1. The molecule has 3 N–H and O–H groups in total. The number of nitrogens with two attached hydrogens (primary N) is 1. The summed E-state index contributed by atoms with van der Waals surface area (Å²) in [4.78, 5) is 14.2.